The van der Waals surface area contributed by atoms with E-state index in [1.807, 2.05) is 30.3 Å². The van der Waals surface area contributed by atoms with Crippen molar-refractivity contribution in [2.75, 3.05) is 4.72 Å². The first kappa shape index (κ1) is 25.6. The van der Waals surface area contributed by atoms with E-state index in [9.17, 15) is 13.2 Å². The van der Waals surface area contributed by atoms with Crippen molar-refractivity contribution in [1.29, 1.82) is 0 Å². The van der Waals surface area contributed by atoms with E-state index in [2.05, 4.69) is 10.0 Å². The van der Waals surface area contributed by atoms with Crippen LogP contribution in [0.25, 0.3) is 0 Å². The Labute approximate surface area is 212 Å². The third-order valence-corrected chi connectivity index (χ3v) is 7.52. The van der Waals surface area contributed by atoms with E-state index in [0.29, 0.717) is 23.8 Å². The Hall–Kier alpha value is -3.52. The van der Waals surface area contributed by atoms with E-state index in [0.717, 1.165) is 31.2 Å². The summed E-state index contributed by atoms with van der Waals surface area (Å²) >= 11 is 0. The average Bonchev–Trinajstić information content (AvgIpc) is 2.89. The van der Waals surface area contributed by atoms with Gasteiger partial charge in [-0.2, -0.15) is 0 Å². The molecule has 190 valence electrons. The first-order chi connectivity index (χ1) is 17.4. The highest BCUT2D eigenvalue weighted by Gasteiger charge is 2.21. The van der Waals surface area contributed by atoms with Crippen LogP contribution in [0.2, 0.25) is 0 Å². The van der Waals surface area contributed by atoms with E-state index in [-0.39, 0.29) is 16.8 Å². The van der Waals surface area contributed by atoms with Crippen LogP contribution in [0.1, 0.15) is 44.6 Å². The number of sulfonamides is 1. The number of nitrogens with one attached hydrogen (secondary N) is 2. The van der Waals surface area contributed by atoms with Gasteiger partial charge in [-0.25, -0.2) is 8.42 Å². The molecule has 1 amide bonds. The van der Waals surface area contributed by atoms with E-state index in [1.54, 1.807) is 43.3 Å². The molecule has 0 aliphatic heterocycles. The summed E-state index contributed by atoms with van der Waals surface area (Å²) in [5, 5.41) is 3.04. The van der Waals surface area contributed by atoms with Gasteiger partial charge >= 0.3 is 0 Å². The minimum atomic E-state index is -3.79. The molecule has 0 heterocycles. The van der Waals surface area contributed by atoms with Gasteiger partial charge < -0.3 is 14.8 Å². The maximum Gasteiger partial charge on any atom is 0.261 e. The lowest BCUT2D eigenvalue weighted by Crippen LogP contribution is -2.43. The normalized spacial score (nSPS) is 15.0. The largest absolute Gasteiger partial charge is 0.489 e. The van der Waals surface area contributed by atoms with Gasteiger partial charge in [0.15, 0.2) is 6.10 Å². The standard InChI is InChI=1S/C28H32N2O5S/c1-21(28(31)29-23-10-6-3-7-11-23)35-26-16-18-27(19-17-26)36(32,33)30-24-12-14-25(15-13-24)34-20-22-8-4-2-5-9-22/h2,4-5,8-9,12-19,21,23,30H,3,6-7,10-11,20H2,1H3,(H,29,31)/t21-/m0/s1. The first-order valence-corrected chi connectivity index (χ1v) is 13.7. The Kier molecular flexibility index (Phi) is 8.48. The minimum Gasteiger partial charge on any atom is -0.489 e. The monoisotopic (exact) mass is 508 g/mol. The molecule has 0 radical (unpaired) electrons. The topological polar surface area (TPSA) is 93.7 Å². The van der Waals surface area contributed by atoms with Crippen LogP contribution >= 0.6 is 0 Å². The molecular weight excluding hydrogens is 476 g/mol. The van der Waals surface area contributed by atoms with Gasteiger partial charge in [-0.15, -0.1) is 0 Å². The molecular formula is C28H32N2O5S. The smallest absolute Gasteiger partial charge is 0.261 e. The number of hydrogen-bond donors (Lipinski definition) is 2. The van der Waals surface area contributed by atoms with E-state index in [1.165, 1.54) is 18.6 Å². The first-order valence-electron chi connectivity index (χ1n) is 12.3. The van der Waals surface area contributed by atoms with Gasteiger partial charge in [-0.05, 0) is 73.9 Å². The highest BCUT2D eigenvalue weighted by atomic mass is 32.2. The third-order valence-electron chi connectivity index (χ3n) is 6.12. The Morgan fingerprint density at radius 1 is 0.889 bits per heavy atom. The van der Waals surface area contributed by atoms with Crippen LogP contribution in [0.4, 0.5) is 5.69 Å². The number of ether oxygens (including phenoxy) is 2. The van der Waals surface area contributed by atoms with Gasteiger partial charge in [0.1, 0.15) is 18.1 Å². The van der Waals surface area contributed by atoms with Crippen LogP contribution in [0, 0.1) is 0 Å². The zero-order valence-corrected chi connectivity index (χ0v) is 21.2. The molecule has 8 heteroatoms. The van der Waals surface area contributed by atoms with Crippen molar-refractivity contribution < 1.29 is 22.7 Å². The summed E-state index contributed by atoms with van der Waals surface area (Å²) in [4.78, 5) is 12.5. The maximum atomic E-state index is 12.8. The summed E-state index contributed by atoms with van der Waals surface area (Å²) in [6, 6.07) is 22.8. The fourth-order valence-corrected chi connectivity index (χ4v) is 5.15. The van der Waals surface area contributed by atoms with Crippen molar-refractivity contribution >= 4 is 21.6 Å². The molecule has 0 unspecified atom stereocenters. The minimum absolute atomic E-state index is 0.0959. The molecule has 0 spiro atoms. The molecule has 1 aliphatic carbocycles. The second-order valence-corrected chi connectivity index (χ2v) is 10.7. The van der Waals surface area contributed by atoms with Gasteiger partial charge in [-0.1, -0.05) is 49.6 Å². The highest BCUT2D eigenvalue weighted by Crippen LogP contribution is 2.23. The second kappa shape index (κ2) is 11.9. The van der Waals surface area contributed by atoms with E-state index in [4.69, 9.17) is 9.47 Å². The van der Waals surface area contributed by atoms with Crippen molar-refractivity contribution in [1.82, 2.24) is 5.32 Å². The van der Waals surface area contributed by atoms with E-state index >= 15 is 0 Å². The second-order valence-electron chi connectivity index (χ2n) is 8.98. The van der Waals surface area contributed by atoms with Crippen LogP contribution in [0.15, 0.2) is 83.8 Å². The van der Waals surface area contributed by atoms with Gasteiger partial charge in [0.25, 0.3) is 15.9 Å². The third kappa shape index (κ3) is 7.24. The van der Waals surface area contributed by atoms with Crippen LogP contribution in [0.3, 0.4) is 0 Å². The Morgan fingerprint density at radius 2 is 1.53 bits per heavy atom. The number of hydrogen-bond acceptors (Lipinski definition) is 5. The zero-order valence-electron chi connectivity index (χ0n) is 20.4. The zero-order chi connectivity index (χ0) is 25.4. The maximum absolute atomic E-state index is 12.8. The average molecular weight is 509 g/mol. The lowest BCUT2D eigenvalue weighted by atomic mass is 9.95. The molecule has 3 aromatic carbocycles. The predicted octanol–water partition coefficient (Wildman–Crippen LogP) is 5.28. The van der Waals surface area contributed by atoms with Gasteiger partial charge in [0, 0.05) is 11.7 Å². The molecule has 1 atom stereocenters. The Bertz CT molecular complexity index is 1220. The molecule has 36 heavy (non-hydrogen) atoms. The molecule has 3 aromatic rings. The molecule has 1 saturated carbocycles. The number of benzene rings is 3. The fourth-order valence-electron chi connectivity index (χ4n) is 4.09. The molecule has 1 aliphatic rings. The highest BCUT2D eigenvalue weighted by molar-refractivity contribution is 7.92. The number of rotatable bonds is 10. The summed E-state index contributed by atoms with van der Waals surface area (Å²) in [7, 11) is -3.79. The number of anilines is 1. The number of carbonyl (C=O) groups is 1. The van der Waals surface area contributed by atoms with Crippen molar-refractivity contribution in [2.24, 2.45) is 0 Å². The summed E-state index contributed by atoms with van der Waals surface area (Å²) in [6.07, 6.45) is 4.82. The van der Waals surface area contributed by atoms with Crippen molar-refractivity contribution in [3.63, 3.8) is 0 Å². The molecule has 2 N–H and O–H groups in total. The lowest BCUT2D eigenvalue weighted by molar-refractivity contribution is -0.128. The molecule has 0 bridgehead atoms. The van der Waals surface area contributed by atoms with E-state index < -0.39 is 16.1 Å². The Balaban J connectivity index is 1.29. The van der Waals surface area contributed by atoms with Crippen LogP contribution in [-0.2, 0) is 21.4 Å². The molecule has 7 nitrogen and oxygen atoms in total. The van der Waals surface area contributed by atoms with Crippen molar-refractivity contribution in [3.8, 4) is 11.5 Å². The summed E-state index contributed by atoms with van der Waals surface area (Å²) in [5.74, 6) is 0.918. The molecule has 0 saturated heterocycles. The summed E-state index contributed by atoms with van der Waals surface area (Å²) in [6.45, 7) is 2.12. The van der Waals surface area contributed by atoms with Crippen LogP contribution < -0.4 is 19.5 Å². The predicted molar refractivity (Wildman–Crippen MR) is 140 cm³/mol. The van der Waals surface area contributed by atoms with Gasteiger partial charge in [0.2, 0.25) is 0 Å². The number of amides is 1. The van der Waals surface area contributed by atoms with Crippen molar-refractivity contribution in [3.05, 3.63) is 84.4 Å². The molecule has 1 fully saturated rings. The quantitative estimate of drug-likeness (QED) is 0.389. The SMILES string of the molecule is C[C@H](Oc1ccc(S(=O)(=O)Nc2ccc(OCc3ccccc3)cc2)cc1)C(=O)NC1CCCCC1. The molecule has 0 aromatic heterocycles. The van der Waals surface area contributed by atoms with Crippen LogP contribution in [0.5, 0.6) is 11.5 Å². The summed E-state index contributed by atoms with van der Waals surface area (Å²) in [5.41, 5.74) is 1.48. The number of carbonyl (C=O) groups excluding carboxylic acids is 1. The summed E-state index contributed by atoms with van der Waals surface area (Å²) < 4.78 is 39.7. The Morgan fingerprint density at radius 3 is 2.19 bits per heavy atom. The lowest BCUT2D eigenvalue weighted by Gasteiger charge is -2.24. The van der Waals surface area contributed by atoms with Crippen LogP contribution in [-0.4, -0.2) is 26.5 Å². The van der Waals surface area contributed by atoms with Gasteiger partial charge in [-0.3, -0.25) is 9.52 Å². The fraction of sp³-hybridized carbons (Fsp3) is 0.321. The van der Waals surface area contributed by atoms with Crippen molar-refractivity contribution in [2.45, 2.75) is 62.7 Å². The van der Waals surface area contributed by atoms with Gasteiger partial charge in [0.05, 0.1) is 4.90 Å². The molecule has 4 rings (SSSR count).